The molecule has 1 aliphatic heterocycles. The van der Waals surface area contributed by atoms with Crippen molar-refractivity contribution in [1.29, 1.82) is 0 Å². The Morgan fingerprint density at radius 2 is 1.83 bits per heavy atom. The second-order valence-corrected chi connectivity index (χ2v) is 5.63. The summed E-state index contributed by atoms with van der Waals surface area (Å²) in [6.07, 6.45) is 3.55. The van der Waals surface area contributed by atoms with Crippen LogP contribution in [0.3, 0.4) is 0 Å². The molecule has 0 unspecified atom stereocenters. The minimum Gasteiger partial charge on any atom is -0.399 e. The molecule has 0 aliphatic carbocycles. The molecule has 2 aromatic rings. The molecule has 0 saturated carbocycles. The molecule has 18 heavy (non-hydrogen) atoms. The SMILES string of the molecule is CC1(C)OB(c2cnnc3[nH]ccc23)OC1(C)C. The van der Waals surface area contributed by atoms with Gasteiger partial charge >= 0.3 is 7.12 Å². The summed E-state index contributed by atoms with van der Waals surface area (Å²) < 4.78 is 12.0. The first-order chi connectivity index (χ1) is 8.41. The maximum Gasteiger partial charge on any atom is 0.497 e. The zero-order chi connectivity index (χ0) is 13.0. The van der Waals surface area contributed by atoms with E-state index in [1.807, 2.05) is 40.0 Å². The molecule has 6 heteroatoms. The number of nitrogens with one attached hydrogen (secondary N) is 1. The molecule has 0 spiro atoms. The van der Waals surface area contributed by atoms with Crippen molar-refractivity contribution < 1.29 is 9.31 Å². The van der Waals surface area contributed by atoms with Gasteiger partial charge in [0.2, 0.25) is 0 Å². The van der Waals surface area contributed by atoms with Gasteiger partial charge in [0.05, 0.1) is 17.4 Å². The summed E-state index contributed by atoms with van der Waals surface area (Å²) in [5.74, 6) is 0. The van der Waals surface area contributed by atoms with Crippen LogP contribution in [0.5, 0.6) is 0 Å². The first-order valence-corrected chi connectivity index (χ1v) is 6.05. The van der Waals surface area contributed by atoms with Gasteiger partial charge in [-0.3, -0.25) is 0 Å². The molecular weight excluding hydrogens is 229 g/mol. The average Bonchev–Trinajstić information content (AvgIpc) is 2.81. The van der Waals surface area contributed by atoms with E-state index in [2.05, 4.69) is 15.2 Å². The number of nitrogens with zero attached hydrogens (tertiary/aromatic N) is 2. The van der Waals surface area contributed by atoms with Gasteiger partial charge in [-0.15, -0.1) is 5.10 Å². The molecule has 94 valence electrons. The molecule has 0 atom stereocenters. The molecule has 3 rings (SSSR count). The molecule has 2 aromatic heterocycles. The summed E-state index contributed by atoms with van der Waals surface area (Å²) in [6.45, 7) is 8.15. The minimum atomic E-state index is -0.399. The Balaban J connectivity index is 2.05. The Labute approximate surface area is 106 Å². The topological polar surface area (TPSA) is 60.0 Å². The molecule has 0 radical (unpaired) electrons. The van der Waals surface area contributed by atoms with Crippen molar-refractivity contribution in [3.05, 3.63) is 18.5 Å². The van der Waals surface area contributed by atoms with Crippen LogP contribution in [0.4, 0.5) is 0 Å². The van der Waals surface area contributed by atoms with Crippen LogP contribution in [0.2, 0.25) is 0 Å². The maximum absolute atomic E-state index is 6.02. The van der Waals surface area contributed by atoms with Crippen LogP contribution in [-0.2, 0) is 9.31 Å². The third-order valence-electron chi connectivity index (χ3n) is 3.90. The second-order valence-electron chi connectivity index (χ2n) is 5.63. The Kier molecular flexibility index (Phi) is 2.31. The summed E-state index contributed by atoms with van der Waals surface area (Å²) in [4.78, 5) is 3.04. The van der Waals surface area contributed by atoms with Gasteiger partial charge < -0.3 is 14.3 Å². The highest BCUT2D eigenvalue weighted by Crippen LogP contribution is 2.36. The molecule has 1 aliphatic rings. The minimum absolute atomic E-state index is 0.344. The summed E-state index contributed by atoms with van der Waals surface area (Å²) in [5, 5.41) is 9.00. The molecule has 1 saturated heterocycles. The number of aromatic nitrogens is 3. The van der Waals surface area contributed by atoms with Gasteiger partial charge in [0.1, 0.15) is 0 Å². The van der Waals surface area contributed by atoms with E-state index in [0.717, 1.165) is 16.5 Å². The van der Waals surface area contributed by atoms with E-state index in [-0.39, 0.29) is 11.2 Å². The maximum atomic E-state index is 6.02. The van der Waals surface area contributed by atoms with E-state index in [1.54, 1.807) is 6.20 Å². The van der Waals surface area contributed by atoms with Gasteiger partial charge in [0.25, 0.3) is 0 Å². The zero-order valence-electron chi connectivity index (χ0n) is 11.0. The van der Waals surface area contributed by atoms with Crippen molar-refractivity contribution in [2.45, 2.75) is 38.9 Å². The Morgan fingerprint density at radius 1 is 1.17 bits per heavy atom. The third-order valence-corrected chi connectivity index (χ3v) is 3.90. The predicted octanol–water partition coefficient (Wildman–Crippen LogP) is 1.26. The van der Waals surface area contributed by atoms with Crippen LogP contribution in [0.25, 0.3) is 11.0 Å². The lowest BCUT2D eigenvalue weighted by molar-refractivity contribution is 0.00578. The van der Waals surface area contributed by atoms with Crippen molar-refractivity contribution in [3.8, 4) is 0 Å². The highest BCUT2D eigenvalue weighted by molar-refractivity contribution is 6.65. The van der Waals surface area contributed by atoms with E-state index in [9.17, 15) is 0 Å². The number of fused-ring (bicyclic) bond motifs is 1. The van der Waals surface area contributed by atoms with Crippen LogP contribution in [0.1, 0.15) is 27.7 Å². The monoisotopic (exact) mass is 245 g/mol. The predicted molar refractivity (Wildman–Crippen MR) is 69.6 cm³/mol. The Morgan fingerprint density at radius 3 is 2.50 bits per heavy atom. The van der Waals surface area contributed by atoms with Crippen LogP contribution in [0.15, 0.2) is 18.5 Å². The van der Waals surface area contributed by atoms with E-state index >= 15 is 0 Å². The zero-order valence-corrected chi connectivity index (χ0v) is 11.0. The van der Waals surface area contributed by atoms with Crippen molar-refractivity contribution in [2.75, 3.05) is 0 Å². The Hall–Kier alpha value is -1.40. The fraction of sp³-hybridized carbons (Fsp3) is 0.500. The van der Waals surface area contributed by atoms with Gasteiger partial charge in [0.15, 0.2) is 5.65 Å². The second kappa shape index (κ2) is 3.55. The molecule has 1 N–H and O–H groups in total. The van der Waals surface area contributed by atoms with Crippen LogP contribution in [-0.4, -0.2) is 33.5 Å². The van der Waals surface area contributed by atoms with E-state index in [4.69, 9.17) is 9.31 Å². The van der Waals surface area contributed by atoms with Gasteiger partial charge in [0, 0.05) is 17.0 Å². The number of aromatic amines is 1. The van der Waals surface area contributed by atoms with Gasteiger partial charge in [-0.25, -0.2) is 0 Å². The first kappa shape index (κ1) is 11.7. The average molecular weight is 245 g/mol. The number of rotatable bonds is 1. The molecule has 3 heterocycles. The smallest absolute Gasteiger partial charge is 0.399 e. The molecule has 1 fully saturated rings. The quantitative estimate of drug-likeness (QED) is 0.768. The molecule has 5 nitrogen and oxygen atoms in total. The number of hydrogen-bond donors (Lipinski definition) is 1. The van der Waals surface area contributed by atoms with E-state index in [1.165, 1.54) is 0 Å². The fourth-order valence-corrected chi connectivity index (χ4v) is 2.05. The largest absolute Gasteiger partial charge is 0.497 e. The third kappa shape index (κ3) is 1.56. The van der Waals surface area contributed by atoms with Gasteiger partial charge in [-0.1, -0.05) is 0 Å². The summed E-state index contributed by atoms with van der Waals surface area (Å²) in [6, 6.07) is 1.96. The molecule has 0 bridgehead atoms. The summed E-state index contributed by atoms with van der Waals surface area (Å²) in [7, 11) is -0.399. The fourth-order valence-electron chi connectivity index (χ4n) is 2.05. The standard InChI is InChI=1S/C12H16BN3O2/c1-11(2)12(3,4)18-13(17-11)9-7-15-16-10-8(9)5-6-14-10/h5-7H,1-4H3,(H,14,16). The van der Waals surface area contributed by atoms with Crippen molar-refractivity contribution in [1.82, 2.24) is 15.2 Å². The van der Waals surface area contributed by atoms with E-state index in [0.29, 0.717) is 0 Å². The Bertz CT molecular complexity index is 578. The number of H-pyrrole nitrogens is 1. The lowest BCUT2D eigenvalue weighted by Crippen LogP contribution is -2.41. The highest BCUT2D eigenvalue weighted by atomic mass is 16.7. The van der Waals surface area contributed by atoms with Crippen LogP contribution >= 0.6 is 0 Å². The van der Waals surface area contributed by atoms with Crippen molar-refractivity contribution in [2.24, 2.45) is 0 Å². The first-order valence-electron chi connectivity index (χ1n) is 6.05. The van der Waals surface area contributed by atoms with Crippen molar-refractivity contribution >= 4 is 23.6 Å². The molecule has 0 amide bonds. The summed E-state index contributed by atoms with van der Waals surface area (Å²) >= 11 is 0. The molecular formula is C12H16BN3O2. The van der Waals surface area contributed by atoms with Crippen molar-refractivity contribution in [3.63, 3.8) is 0 Å². The number of hydrogen-bond acceptors (Lipinski definition) is 4. The normalized spacial score (nSPS) is 21.7. The van der Waals surface area contributed by atoms with E-state index < -0.39 is 7.12 Å². The lowest BCUT2D eigenvalue weighted by atomic mass is 9.79. The van der Waals surface area contributed by atoms with Crippen LogP contribution < -0.4 is 5.46 Å². The highest BCUT2D eigenvalue weighted by Gasteiger charge is 2.52. The lowest BCUT2D eigenvalue weighted by Gasteiger charge is -2.32. The molecule has 0 aromatic carbocycles. The summed E-state index contributed by atoms with van der Waals surface area (Å²) in [5.41, 5.74) is 0.981. The van der Waals surface area contributed by atoms with Crippen LogP contribution in [0, 0.1) is 0 Å². The van der Waals surface area contributed by atoms with Gasteiger partial charge in [-0.05, 0) is 33.8 Å². The van der Waals surface area contributed by atoms with Gasteiger partial charge in [-0.2, -0.15) is 5.10 Å².